The summed E-state index contributed by atoms with van der Waals surface area (Å²) in [6, 6.07) is 0. The summed E-state index contributed by atoms with van der Waals surface area (Å²) < 4.78 is 0. The first-order valence-electron chi connectivity index (χ1n) is 21.8. The third-order valence-electron chi connectivity index (χ3n) is 14.4. The largest absolute Gasteiger partial charge is 0.393 e. The average molecular weight is 687 g/mol. The van der Waals surface area contributed by atoms with Crippen LogP contribution < -0.4 is 0 Å². The monoisotopic (exact) mass is 687 g/mol. The number of hydrogen-bond acceptors (Lipinski definition) is 4. The van der Waals surface area contributed by atoms with Crippen LogP contribution >= 0.6 is 0 Å². The SMILES string of the molecule is CC(C)CCC[C@@H](C)[C@H]1CC[C@H]2[C@@H]3CC=C4C[C@@H](O)CC[C@]4(C)[C@H]3CC[C@]12C.CCCCCCCCCCCCCCCCCC(=O)OO. The fourth-order valence-electron chi connectivity index (χ4n) is 11.4. The maximum Gasteiger partial charge on any atom is 0.342 e. The van der Waals surface area contributed by atoms with Crippen LogP contribution in [0.4, 0.5) is 0 Å². The predicted octanol–water partition coefficient (Wildman–Crippen LogP) is 13.7. The second-order valence-electron chi connectivity index (χ2n) is 18.3. The molecule has 3 saturated carbocycles. The molecule has 0 unspecified atom stereocenters. The van der Waals surface area contributed by atoms with E-state index in [2.05, 4.69) is 52.5 Å². The highest BCUT2D eigenvalue weighted by Crippen LogP contribution is 2.67. The van der Waals surface area contributed by atoms with Gasteiger partial charge in [-0.05, 0) is 104 Å². The third-order valence-corrected chi connectivity index (χ3v) is 14.4. The summed E-state index contributed by atoms with van der Waals surface area (Å²) in [6.45, 7) is 14.8. The molecule has 0 radical (unpaired) electrons. The van der Waals surface area contributed by atoms with Crippen molar-refractivity contribution in [2.75, 3.05) is 0 Å². The molecular weight excluding hydrogens is 604 g/mol. The van der Waals surface area contributed by atoms with E-state index in [1.54, 1.807) is 5.57 Å². The van der Waals surface area contributed by atoms with E-state index >= 15 is 0 Å². The van der Waals surface area contributed by atoms with Crippen molar-refractivity contribution in [3.63, 3.8) is 0 Å². The first kappa shape index (κ1) is 42.5. The molecule has 0 aromatic rings. The Morgan fingerprint density at radius 1 is 0.776 bits per heavy atom. The minimum absolute atomic E-state index is 0.0766. The fraction of sp³-hybridized carbons (Fsp3) is 0.933. The molecule has 0 aliphatic heterocycles. The highest BCUT2D eigenvalue weighted by molar-refractivity contribution is 5.68. The van der Waals surface area contributed by atoms with Gasteiger partial charge in [0, 0.05) is 6.42 Å². The zero-order chi connectivity index (χ0) is 35.7. The smallest absolute Gasteiger partial charge is 0.342 e. The Hall–Kier alpha value is -0.870. The lowest BCUT2D eigenvalue weighted by molar-refractivity contribution is -0.234. The Bertz CT molecular complexity index is 942. The molecule has 0 bridgehead atoms. The molecule has 4 aliphatic carbocycles. The summed E-state index contributed by atoms with van der Waals surface area (Å²) >= 11 is 0. The van der Waals surface area contributed by atoms with Gasteiger partial charge in [0.15, 0.2) is 0 Å². The fourth-order valence-corrected chi connectivity index (χ4v) is 11.4. The Kier molecular flexibility index (Phi) is 19.3. The topological polar surface area (TPSA) is 66.8 Å². The van der Waals surface area contributed by atoms with Gasteiger partial charge in [-0.3, -0.25) is 0 Å². The standard InChI is InChI=1S/C27H46O.C18H36O3/c1-18(2)7-6-8-19(3)23-11-12-24-22-10-9-20-17-21(28)13-15-26(20,4)25(22)14-16-27(23,24)5;1-2-3-4-5-6-7-8-9-10-11-12-13-14-15-16-17-18(19)21-20/h9,18-19,21-25,28H,6-8,10-17H2,1-5H3;20H,2-17H2,1H3/t19-,21+,22+,23-,24+,25+,26+,27-;/m1./s1. The molecule has 4 heteroatoms. The maximum atomic E-state index is 10.7. The van der Waals surface area contributed by atoms with Crippen LogP contribution in [0.15, 0.2) is 11.6 Å². The van der Waals surface area contributed by atoms with E-state index in [-0.39, 0.29) is 6.10 Å². The van der Waals surface area contributed by atoms with Gasteiger partial charge in [-0.1, -0.05) is 162 Å². The van der Waals surface area contributed by atoms with E-state index in [1.165, 1.54) is 141 Å². The van der Waals surface area contributed by atoms with Crippen molar-refractivity contribution in [2.24, 2.45) is 46.3 Å². The van der Waals surface area contributed by atoms with Gasteiger partial charge in [-0.25, -0.2) is 4.79 Å². The number of carbonyl (C=O) groups is 1. The summed E-state index contributed by atoms with van der Waals surface area (Å²) in [5.41, 5.74) is 2.60. The summed E-state index contributed by atoms with van der Waals surface area (Å²) in [6.07, 6.45) is 37.2. The molecule has 49 heavy (non-hydrogen) atoms. The number of carbonyl (C=O) groups excluding carboxylic acids is 1. The number of rotatable bonds is 21. The number of hydrogen-bond donors (Lipinski definition) is 2. The van der Waals surface area contributed by atoms with E-state index in [4.69, 9.17) is 5.26 Å². The predicted molar refractivity (Wildman–Crippen MR) is 207 cm³/mol. The van der Waals surface area contributed by atoms with Gasteiger partial charge in [0.1, 0.15) is 0 Å². The van der Waals surface area contributed by atoms with Crippen LogP contribution in [0.25, 0.3) is 0 Å². The van der Waals surface area contributed by atoms with Crippen LogP contribution in [-0.2, 0) is 9.68 Å². The molecule has 4 aliphatic rings. The zero-order valence-corrected chi connectivity index (χ0v) is 33.4. The number of aliphatic hydroxyl groups is 1. The van der Waals surface area contributed by atoms with E-state index in [0.29, 0.717) is 17.3 Å². The van der Waals surface area contributed by atoms with Crippen LogP contribution in [0.1, 0.15) is 215 Å². The molecule has 0 aromatic heterocycles. The zero-order valence-electron chi connectivity index (χ0n) is 33.4. The van der Waals surface area contributed by atoms with Gasteiger partial charge in [-0.15, -0.1) is 0 Å². The van der Waals surface area contributed by atoms with Crippen molar-refractivity contribution >= 4 is 5.97 Å². The van der Waals surface area contributed by atoms with E-state index in [9.17, 15) is 9.90 Å². The molecule has 0 heterocycles. The van der Waals surface area contributed by atoms with Gasteiger partial charge in [0.05, 0.1) is 6.10 Å². The first-order chi connectivity index (χ1) is 23.6. The molecule has 0 aromatic carbocycles. The Balaban J connectivity index is 0.000000279. The van der Waals surface area contributed by atoms with E-state index in [0.717, 1.165) is 61.2 Å². The summed E-state index contributed by atoms with van der Waals surface area (Å²) in [5.74, 6) is 4.95. The molecule has 0 spiro atoms. The number of aliphatic hydroxyl groups excluding tert-OH is 1. The highest BCUT2D eigenvalue weighted by atomic mass is 17.1. The number of fused-ring (bicyclic) bond motifs is 5. The molecule has 0 amide bonds. The van der Waals surface area contributed by atoms with Crippen LogP contribution in [0.2, 0.25) is 0 Å². The Morgan fingerprint density at radius 2 is 1.37 bits per heavy atom. The lowest BCUT2D eigenvalue weighted by Gasteiger charge is -2.58. The molecular formula is C45H82O4. The highest BCUT2D eigenvalue weighted by Gasteiger charge is 2.59. The maximum absolute atomic E-state index is 10.7. The van der Waals surface area contributed by atoms with Gasteiger partial charge in [0.25, 0.3) is 0 Å². The van der Waals surface area contributed by atoms with Gasteiger partial charge in [-0.2, -0.15) is 5.26 Å². The molecule has 3 fully saturated rings. The van der Waals surface area contributed by atoms with Crippen molar-refractivity contribution in [1.29, 1.82) is 0 Å². The van der Waals surface area contributed by atoms with Gasteiger partial charge >= 0.3 is 5.97 Å². The Labute approximate surface area is 304 Å². The Morgan fingerprint density at radius 3 is 1.94 bits per heavy atom. The quantitative estimate of drug-likeness (QED) is 0.0546. The first-order valence-corrected chi connectivity index (χ1v) is 21.8. The molecule has 0 saturated heterocycles. The van der Waals surface area contributed by atoms with Crippen molar-refractivity contribution in [3.05, 3.63) is 11.6 Å². The van der Waals surface area contributed by atoms with Crippen molar-refractivity contribution in [3.8, 4) is 0 Å². The van der Waals surface area contributed by atoms with Crippen LogP contribution in [0.3, 0.4) is 0 Å². The lowest BCUT2D eigenvalue weighted by atomic mass is 9.47. The minimum atomic E-state index is -0.510. The lowest BCUT2D eigenvalue weighted by Crippen LogP contribution is -2.50. The van der Waals surface area contributed by atoms with Crippen molar-refractivity contribution < 1.29 is 20.0 Å². The average Bonchev–Trinajstić information content (AvgIpc) is 3.44. The van der Waals surface area contributed by atoms with Crippen LogP contribution in [0.5, 0.6) is 0 Å². The van der Waals surface area contributed by atoms with Crippen molar-refractivity contribution in [2.45, 2.75) is 221 Å². The summed E-state index contributed by atoms with van der Waals surface area (Å²) in [7, 11) is 0. The summed E-state index contributed by atoms with van der Waals surface area (Å²) in [5, 5.41) is 18.3. The molecule has 8 atom stereocenters. The number of allylic oxidation sites excluding steroid dienone is 1. The second kappa shape index (κ2) is 22.3. The van der Waals surface area contributed by atoms with Crippen LogP contribution in [0, 0.1) is 46.3 Å². The van der Waals surface area contributed by atoms with Gasteiger partial charge in [0.2, 0.25) is 0 Å². The summed E-state index contributed by atoms with van der Waals surface area (Å²) in [4.78, 5) is 14.3. The second-order valence-corrected chi connectivity index (χ2v) is 18.3. The molecule has 4 rings (SSSR count). The number of unbranched alkanes of at least 4 members (excludes halogenated alkanes) is 14. The van der Waals surface area contributed by atoms with Crippen LogP contribution in [-0.4, -0.2) is 22.4 Å². The van der Waals surface area contributed by atoms with E-state index < -0.39 is 5.97 Å². The molecule has 4 nitrogen and oxygen atoms in total. The van der Waals surface area contributed by atoms with E-state index in [1.807, 2.05) is 0 Å². The third kappa shape index (κ3) is 12.9. The normalized spacial score (nSPS) is 31.2. The van der Waals surface area contributed by atoms with Gasteiger partial charge < -0.3 is 9.99 Å². The minimum Gasteiger partial charge on any atom is -0.393 e. The molecule has 2 N–H and O–H groups in total. The molecule has 286 valence electrons. The van der Waals surface area contributed by atoms with Crippen molar-refractivity contribution in [1.82, 2.24) is 0 Å².